The molecular formula is C24H26F2N2O4S. The van der Waals surface area contributed by atoms with Gasteiger partial charge in [0, 0.05) is 28.5 Å². The summed E-state index contributed by atoms with van der Waals surface area (Å²) < 4.78 is 41.3. The van der Waals surface area contributed by atoms with E-state index in [0.717, 1.165) is 10.6 Å². The van der Waals surface area contributed by atoms with E-state index in [1.54, 1.807) is 49.0 Å². The van der Waals surface area contributed by atoms with E-state index in [9.17, 15) is 13.6 Å². The molecule has 6 nitrogen and oxygen atoms in total. The quantitative estimate of drug-likeness (QED) is 0.331. The lowest BCUT2D eigenvalue weighted by atomic mass is 10.1. The van der Waals surface area contributed by atoms with Gasteiger partial charge >= 0.3 is 12.6 Å². The van der Waals surface area contributed by atoms with Crippen molar-refractivity contribution in [3.63, 3.8) is 0 Å². The highest BCUT2D eigenvalue weighted by Crippen LogP contribution is 2.37. The Morgan fingerprint density at radius 3 is 2.52 bits per heavy atom. The van der Waals surface area contributed by atoms with Crippen molar-refractivity contribution in [2.45, 2.75) is 46.5 Å². The molecule has 0 aliphatic rings. The first-order valence-corrected chi connectivity index (χ1v) is 11.2. The molecule has 0 spiro atoms. The average molecular weight is 477 g/mol. The number of carbonyl (C=O) groups excluding carboxylic acids is 1. The molecule has 9 heteroatoms. The lowest BCUT2D eigenvalue weighted by Crippen LogP contribution is -2.24. The summed E-state index contributed by atoms with van der Waals surface area (Å²) in [5, 5.41) is 0. The maximum atomic E-state index is 12.8. The maximum absolute atomic E-state index is 12.8. The predicted molar refractivity (Wildman–Crippen MR) is 124 cm³/mol. The molecular weight excluding hydrogens is 450 g/mol. The lowest BCUT2D eigenvalue weighted by molar-refractivity contribution is -0.0514. The van der Waals surface area contributed by atoms with Crippen molar-refractivity contribution in [3.05, 3.63) is 64.6 Å². The number of halogens is 2. The molecule has 2 aromatic carbocycles. The smallest absolute Gasteiger partial charge is 0.387 e. The second-order valence-corrected chi connectivity index (χ2v) is 9.02. The minimum atomic E-state index is -2.96. The van der Waals surface area contributed by atoms with Crippen molar-refractivity contribution in [1.82, 2.24) is 4.98 Å². The summed E-state index contributed by atoms with van der Waals surface area (Å²) in [5.74, 6) is -0.276. The molecule has 1 heterocycles. The molecule has 1 aromatic heterocycles. The van der Waals surface area contributed by atoms with Crippen molar-refractivity contribution in [1.29, 1.82) is 0 Å². The Morgan fingerprint density at radius 1 is 1.12 bits per heavy atom. The highest BCUT2D eigenvalue weighted by Gasteiger charge is 2.21. The number of aromatic nitrogens is 1. The number of thiazole rings is 1. The number of nitrogens with zero attached hydrogens (tertiary/aromatic N) is 2. The second kappa shape index (κ2) is 10.6. The largest absolute Gasteiger partial charge is 0.490 e. The van der Waals surface area contributed by atoms with Gasteiger partial charge in [0.1, 0.15) is 5.60 Å². The zero-order chi connectivity index (χ0) is 24.0. The average Bonchev–Trinajstić information content (AvgIpc) is 3.25. The van der Waals surface area contributed by atoms with Gasteiger partial charge in [0.25, 0.3) is 0 Å². The van der Waals surface area contributed by atoms with Gasteiger partial charge in [-0.1, -0.05) is 6.07 Å². The molecule has 0 N–H and O–H groups in total. The first-order valence-electron chi connectivity index (χ1n) is 10.4. The van der Waals surface area contributed by atoms with Gasteiger partial charge in [-0.25, -0.2) is 4.79 Å². The second-order valence-electron chi connectivity index (χ2n) is 8.05. The minimum Gasteiger partial charge on any atom is -0.490 e. The highest BCUT2D eigenvalue weighted by atomic mass is 32.1. The Bertz CT molecular complexity index is 1070. The molecule has 0 aliphatic carbocycles. The van der Waals surface area contributed by atoms with Crippen molar-refractivity contribution in [2.24, 2.45) is 0 Å². The summed E-state index contributed by atoms with van der Waals surface area (Å²) in [6, 6.07) is 11.8. The fraction of sp³-hybridized carbons (Fsp3) is 0.333. The molecule has 0 bridgehead atoms. The number of carbonyl (C=O) groups is 1. The summed E-state index contributed by atoms with van der Waals surface area (Å²) in [6.07, 6.45) is 1.76. The molecule has 176 valence electrons. The predicted octanol–water partition coefficient (Wildman–Crippen LogP) is 6.44. The summed E-state index contributed by atoms with van der Waals surface area (Å²) >= 11 is 1.49. The topological polar surface area (TPSA) is 60.9 Å². The Labute approximate surface area is 195 Å². The van der Waals surface area contributed by atoms with Crippen LogP contribution in [-0.2, 0) is 11.3 Å². The van der Waals surface area contributed by atoms with Crippen LogP contribution in [0.25, 0.3) is 0 Å². The van der Waals surface area contributed by atoms with Gasteiger partial charge in [0.15, 0.2) is 11.5 Å². The molecule has 0 atom stereocenters. The summed E-state index contributed by atoms with van der Waals surface area (Å²) in [5.41, 5.74) is 2.91. The molecule has 3 rings (SSSR count). The minimum absolute atomic E-state index is 0.0455. The molecule has 33 heavy (non-hydrogen) atoms. The third kappa shape index (κ3) is 6.89. The van der Waals surface area contributed by atoms with Crippen molar-refractivity contribution in [2.75, 3.05) is 11.5 Å². The van der Waals surface area contributed by atoms with Gasteiger partial charge in [-0.05, 0) is 58.0 Å². The van der Waals surface area contributed by atoms with Crippen LogP contribution >= 0.6 is 11.3 Å². The molecule has 0 fully saturated rings. The van der Waals surface area contributed by atoms with Gasteiger partial charge in [-0.15, -0.1) is 11.3 Å². The van der Waals surface area contributed by atoms with Crippen LogP contribution < -0.4 is 14.4 Å². The zero-order valence-electron chi connectivity index (χ0n) is 18.9. The number of esters is 1. The van der Waals surface area contributed by atoms with E-state index in [-0.39, 0.29) is 18.1 Å². The number of alkyl halides is 2. The van der Waals surface area contributed by atoms with E-state index < -0.39 is 18.2 Å². The van der Waals surface area contributed by atoms with Gasteiger partial charge in [-0.3, -0.25) is 4.98 Å². The monoisotopic (exact) mass is 476 g/mol. The van der Waals surface area contributed by atoms with Gasteiger partial charge < -0.3 is 19.1 Å². The Balaban J connectivity index is 2.02. The van der Waals surface area contributed by atoms with Crippen LogP contribution in [0, 0.1) is 0 Å². The molecule has 3 aromatic rings. The van der Waals surface area contributed by atoms with Crippen LogP contribution in [0.1, 0.15) is 42.9 Å². The third-order valence-corrected chi connectivity index (χ3v) is 5.11. The number of hydrogen-bond acceptors (Lipinski definition) is 7. The van der Waals surface area contributed by atoms with E-state index in [0.29, 0.717) is 17.8 Å². The Hall–Kier alpha value is -3.20. The number of anilines is 2. The van der Waals surface area contributed by atoms with Crippen LogP contribution in [0.3, 0.4) is 0 Å². The highest BCUT2D eigenvalue weighted by molar-refractivity contribution is 7.09. The van der Waals surface area contributed by atoms with E-state index in [4.69, 9.17) is 9.47 Å². The summed E-state index contributed by atoms with van der Waals surface area (Å²) in [7, 11) is 0. The van der Waals surface area contributed by atoms with Crippen molar-refractivity contribution < 1.29 is 27.8 Å². The first-order chi connectivity index (χ1) is 15.7. The van der Waals surface area contributed by atoms with E-state index in [1.165, 1.54) is 17.4 Å². The third-order valence-electron chi connectivity index (χ3n) is 4.34. The molecule has 0 saturated heterocycles. The van der Waals surface area contributed by atoms with Crippen molar-refractivity contribution >= 4 is 28.7 Å². The van der Waals surface area contributed by atoms with Crippen LogP contribution in [0.2, 0.25) is 0 Å². The number of ether oxygens (including phenoxy) is 3. The molecule has 0 unspecified atom stereocenters. The van der Waals surface area contributed by atoms with Crippen LogP contribution in [0.15, 0.2) is 54.2 Å². The molecule has 0 amide bonds. The molecule has 0 saturated carbocycles. The van der Waals surface area contributed by atoms with Gasteiger partial charge in [0.05, 0.1) is 24.2 Å². The SMILES string of the molecule is CCOc1cc(N(Cc2cncs2)c2cccc(C(=O)OC(C)(C)C)c2)ccc1OC(F)F. The van der Waals surface area contributed by atoms with Crippen LogP contribution in [0.4, 0.5) is 20.2 Å². The van der Waals surface area contributed by atoms with Crippen LogP contribution in [0.5, 0.6) is 11.5 Å². The summed E-state index contributed by atoms with van der Waals surface area (Å²) in [4.78, 5) is 19.7. The number of hydrogen-bond donors (Lipinski definition) is 0. The fourth-order valence-corrected chi connectivity index (χ4v) is 3.65. The van der Waals surface area contributed by atoms with E-state index in [1.807, 2.05) is 31.7 Å². The fourth-order valence-electron chi connectivity index (χ4n) is 3.07. The van der Waals surface area contributed by atoms with Gasteiger partial charge in [0.2, 0.25) is 0 Å². The molecule has 0 radical (unpaired) electrons. The lowest BCUT2D eigenvalue weighted by Gasteiger charge is -2.26. The van der Waals surface area contributed by atoms with Gasteiger partial charge in [-0.2, -0.15) is 8.78 Å². The van der Waals surface area contributed by atoms with E-state index >= 15 is 0 Å². The van der Waals surface area contributed by atoms with E-state index in [2.05, 4.69) is 9.72 Å². The normalized spacial score (nSPS) is 11.4. The standard InChI is InChI=1S/C24H26F2N2O4S/c1-5-30-21-12-18(9-10-20(21)31-23(25)26)28(14-19-13-27-15-33-19)17-8-6-7-16(11-17)22(29)32-24(2,3)4/h6-13,15,23H,5,14H2,1-4H3. The molecule has 0 aliphatic heterocycles. The first kappa shape index (κ1) is 24.4. The zero-order valence-corrected chi connectivity index (χ0v) is 19.7. The summed E-state index contributed by atoms with van der Waals surface area (Å²) in [6.45, 7) is 4.96. The Morgan fingerprint density at radius 2 is 1.88 bits per heavy atom. The maximum Gasteiger partial charge on any atom is 0.387 e. The van der Waals surface area contributed by atoms with Crippen LogP contribution in [-0.4, -0.2) is 29.8 Å². The number of rotatable bonds is 9. The number of benzene rings is 2. The van der Waals surface area contributed by atoms with Crippen molar-refractivity contribution in [3.8, 4) is 11.5 Å². The Kier molecular flexibility index (Phi) is 7.86.